The summed E-state index contributed by atoms with van der Waals surface area (Å²) in [6.45, 7) is 1.52. The second kappa shape index (κ2) is 17.3. The van der Waals surface area contributed by atoms with Crippen molar-refractivity contribution in [3.63, 3.8) is 0 Å². The number of hydrogen-bond donors (Lipinski definition) is 7. The third-order valence-corrected chi connectivity index (χ3v) is 12.3. The van der Waals surface area contributed by atoms with E-state index < -0.39 is 97.2 Å². The van der Waals surface area contributed by atoms with Gasteiger partial charge < -0.3 is 25.8 Å². The molecule has 0 fully saturated rings. The number of nitrogens with zero attached hydrogens (tertiary/aromatic N) is 8. The van der Waals surface area contributed by atoms with Crippen molar-refractivity contribution in [1.82, 2.24) is 0 Å². The molecule has 0 aliphatic carbocycles. The Balaban J connectivity index is 1.20. The van der Waals surface area contributed by atoms with Crippen molar-refractivity contribution in [1.29, 1.82) is 0 Å². The number of fused-ring (bicyclic) bond motifs is 2. The van der Waals surface area contributed by atoms with E-state index in [4.69, 9.17) is 10.5 Å². The SMILES string of the molecule is COc1cc(N=Nc2ccc(S(=O)(=O)O)c3cc(S(=O)(=O)O)cc(O)c23)c(C)cc1N=Nc1c(S(=O)(=O)O)cc2cc(N=NC3C(=O)N(c4ccc(C(=O)O)cc4)N=C3C(N)=O)ccc2c1O. The first-order valence-corrected chi connectivity index (χ1v) is 22.7. The molecule has 0 spiro atoms. The van der Waals surface area contributed by atoms with Gasteiger partial charge in [-0.2, -0.15) is 50.7 Å². The summed E-state index contributed by atoms with van der Waals surface area (Å²) in [5.74, 6) is -4.85. The average molecular weight is 976 g/mol. The van der Waals surface area contributed by atoms with E-state index in [1.807, 2.05) is 0 Å². The molecule has 25 nitrogen and oxygen atoms in total. The molecule has 1 heterocycles. The number of hydrazone groups is 1. The van der Waals surface area contributed by atoms with E-state index in [1.165, 1.54) is 68.6 Å². The molecule has 1 unspecified atom stereocenters. The van der Waals surface area contributed by atoms with E-state index in [0.29, 0.717) is 17.7 Å². The first-order valence-electron chi connectivity index (χ1n) is 18.4. The van der Waals surface area contributed by atoms with Gasteiger partial charge in [0.05, 0.1) is 45.7 Å². The van der Waals surface area contributed by atoms with Crippen molar-refractivity contribution in [3.05, 3.63) is 96.1 Å². The maximum Gasteiger partial charge on any atom is 0.335 e. The molecule has 2 amide bonds. The van der Waals surface area contributed by atoms with E-state index in [2.05, 4.69) is 35.8 Å². The fraction of sp³-hybridized carbons (Fsp3) is 0.0769. The monoisotopic (exact) mass is 975 g/mol. The first kappa shape index (κ1) is 46.8. The number of rotatable bonds is 13. The topological polar surface area (TPSA) is 400 Å². The molecular formula is C39H29N9O16S3. The Hall–Kier alpha value is -8.15. The van der Waals surface area contributed by atoms with Gasteiger partial charge in [0, 0.05) is 22.9 Å². The Morgan fingerprint density at radius 3 is 2.00 bits per heavy atom. The zero-order valence-corrected chi connectivity index (χ0v) is 36.3. The van der Waals surface area contributed by atoms with Crippen LogP contribution in [-0.4, -0.2) is 90.9 Å². The van der Waals surface area contributed by atoms with Gasteiger partial charge in [0.1, 0.15) is 32.7 Å². The highest BCUT2D eigenvalue weighted by atomic mass is 32.2. The Kier molecular flexibility index (Phi) is 12.1. The Bertz CT molecular complexity index is 3620. The molecule has 8 N–H and O–H groups in total. The highest BCUT2D eigenvalue weighted by Crippen LogP contribution is 2.45. The fourth-order valence-electron chi connectivity index (χ4n) is 6.55. The molecular weight excluding hydrogens is 947 g/mol. The second-order valence-electron chi connectivity index (χ2n) is 14.0. The number of aromatic carboxylic acids is 1. The van der Waals surface area contributed by atoms with Crippen LogP contribution >= 0.6 is 0 Å². The lowest BCUT2D eigenvalue weighted by Gasteiger charge is -2.12. The van der Waals surface area contributed by atoms with Crippen LogP contribution in [0.5, 0.6) is 17.2 Å². The maximum absolute atomic E-state index is 13.3. The highest BCUT2D eigenvalue weighted by Gasteiger charge is 2.40. The van der Waals surface area contributed by atoms with Gasteiger partial charge in [0.2, 0.25) is 6.04 Å². The average Bonchev–Trinajstić information content (AvgIpc) is 3.59. The second-order valence-corrected chi connectivity index (χ2v) is 18.2. The minimum atomic E-state index is -5.14. The number of primary amides is 1. The quantitative estimate of drug-likeness (QED) is 0.0491. The summed E-state index contributed by atoms with van der Waals surface area (Å²) in [6, 6.07) is 14.0. The number of carboxylic acids is 1. The smallest absolute Gasteiger partial charge is 0.335 e. The van der Waals surface area contributed by atoms with Crippen LogP contribution in [0.3, 0.4) is 0 Å². The summed E-state index contributed by atoms with van der Waals surface area (Å²) in [5, 5.41) is 59.0. The van der Waals surface area contributed by atoms with Gasteiger partial charge in [-0.1, -0.05) is 0 Å². The van der Waals surface area contributed by atoms with Crippen LogP contribution in [0.15, 0.2) is 135 Å². The summed E-state index contributed by atoms with van der Waals surface area (Å²) in [7, 11) is -13.9. The zero-order chi connectivity index (χ0) is 48.9. The van der Waals surface area contributed by atoms with Gasteiger partial charge >= 0.3 is 5.97 Å². The van der Waals surface area contributed by atoms with Gasteiger partial charge in [0.15, 0.2) is 11.5 Å². The number of carbonyl (C=O) groups is 3. The Morgan fingerprint density at radius 2 is 1.39 bits per heavy atom. The van der Waals surface area contributed by atoms with Crippen LogP contribution in [0.4, 0.5) is 34.1 Å². The molecule has 1 aliphatic heterocycles. The number of anilines is 1. The number of nitrogens with two attached hydrogens (primary N) is 1. The molecule has 7 rings (SSSR count). The molecule has 1 aliphatic rings. The number of benzene rings is 6. The Labute approximate surface area is 376 Å². The normalized spacial score (nSPS) is 14.8. The van der Waals surface area contributed by atoms with Crippen molar-refractivity contribution >= 4 is 110 Å². The van der Waals surface area contributed by atoms with Crippen LogP contribution in [-0.2, 0) is 39.9 Å². The number of aryl methyl sites for hydroxylation is 1. The molecule has 0 saturated carbocycles. The van der Waals surface area contributed by atoms with Crippen LogP contribution in [0.1, 0.15) is 15.9 Å². The van der Waals surface area contributed by atoms with Crippen molar-refractivity contribution in [2.45, 2.75) is 27.7 Å². The highest BCUT2D eigenvalue weighted by molar-refractivity contribution is 7.86. The molecule has 0 aromatic heterocycles. The van der Waals surface area contributed by atoms with Gasteiger partial charge in [-0.3, -0.25) is 23.2 Å². The van der Waals surface area contributed by atoms with Crippen molar-refractivity contribution in [3.8, 4) is 17.2 Å². The van der Waals surface area contributed by atoms with Crippen molar-refractivity contribution < 1.29 is 73.4 Å². The van der Waals surface area contributed by atoms with Crippen LogP contribution in [0.2, 0.25) is 0 Å². The molecule has 344 valence electrons. The summed E-state index contributed by atoms with van der Waals surface area (Å²) in [4.78, 5) is 34.1. The number of carboxylic acid groups (broad SMARTS) is 1. The number of carbonyl (C=O) groups excluding carboxylic acids is 2. The fourth-order valence-corrected chi connectivity index (χ4v) is 8.42. The summed E-state index contributed by atoms with van der Waals surface area (Å²) in [5.41, 5.74) is 4.33. The minimum absolute atomic E-state index is 0.0242. The van der Waals surface area contributed by atoms with Gasteiger partial charge in [-0.25, -0.2) is 4.79 Å². The number of amides is 2. The van der Waals surface area contributed by atoms with Crippen molar-refractivity contribution in [2.75, 3.05) is 12.1 Å². The minimum Gasteiger partial charge on any atom is -0.507 e. The number of azo groups is 3. The Morgan fingerprint density at radius 1 is 0.731 bits per heavy atom. The molecule has 6 aromatic rings. The summed E-state index contributed by atoms with van der Waals surface area (Å²) >= 11 is 0. The third kappa shape index (κ3) is 9.36. The van der Waals surface area contributed by atoms with E-state index in [0.717, 1.165) is 23.2 Å². The third-order valence-electron chi connectivity index (χ3n) is 9.72. The predicted molar refractivity (Wildman–Crippen MR) is 233 cm³/mol. The van der Waals surface area contributed by atoms with Crippen LogP contribution in [0.25, 0.3) is 21.5 Å². The summed E-state index contributed by atoms with van der Waals surface area (Å²) in [6.07, 6.45) is 0. The molecule has 67 heavy (non-hydrogen) atoms. The molecule has 1 atom stereocenters. The van der Waals surface area contributed by atoms with Gasteiger partial charge in [-0.05, 0) is 90.7 Å². The summed E-state index contributed by atoms with van der Waals surface area (Å²) < 4.78 is 108. The molecule has 0 saturated heterocycles. The lowest BCUT2D eigenvalue weighted by atomic mass is 10.1. The lowest BCUT2D eigenvalue weighted by Crippen LogP contribution is -2.35. The van der Waals surface area contributed by atoms with E-state index >= 15 is 0 Å². The number of methoxy groups -OCH3 is 1. The number of ether oxygens (including phenoxy) is 1. The number of aromatic hydroxyl groups is 2. The number of phenolic OH excluding ortho intramolecular Hbond substituents is 2. The number of hydrogen-bond acceptors (Lipinski definition) is 19. The zero-order valence-electron chi connectivity index (χ0n) is 33.8. The largest absolute Gasteiger partial charge is 0.507 e. The van der Waals surface area contributed by atoms with E-state index in [1.54, 1.807) is 0 Å². The molecule has 6 aromatic carbocycles. The van der Waals surface area contributed by atoms with E-state index in [9.17, 15) is 68.6 Å². The lowest BCUT2D eigenvalue weighted by molar-refractivity contribution is -0.118. The maximum atomic E-state index is 13.3. The van der Waals surface area contributed by atoms with Crippen LogP contribution in [0, 0.1) is 6.92 Å². The van der Waals surface area contributed by atoms with Gasteiger partial charge in [-0.15, -0.1) is 15.3 Å². The molecule has 0 bridgehead atoms. The molecule has 28 heteroatoms. The molecule has 0 radical (unpaired) electrons. The van der Waals surface area contributed by atoms with Crippen LogP contribution < -0.4 is 15.5 Å². The van der Waals surface area contributed by atoms with Gasteiger partial charge in [0.25, 0.3) is 42.2 Å². The number of phenols is 2. The predicted octanol–water partition coefficient (Wildman–Crippen LogP) is 6.33. The van der Waals surface area contributed by atoms with E-state index in [-0.39, 0.29) is 55.9 Å². The van der Waals surface area contributed by atoms with Crippen molar-refractivity contribution in [2.24, 2.45) is 41.5 Å². The standard InChI is InChI=1S/C39H29N9O16S3/c1-17-11-27(29(64-2)16-26(17)43-42-25-9-10-30(66(58,59)60)24-14-22(65(55,56)57)15-28(49)32(24)25)44-45-33-31(67(61,62)63)13-19-12-20(5-8-23(19)36(33)50)41-46-35-34(37(40)51)47-48(38(35)52)21-6-3-18(4-7-21)39(53)54/h3-16,35,49-50H,1-2H3,(H2,40,51)(H,53,54)(H,55,56,57)(H,58,59,60)(H,61,62,63). The first-order chi connectivity index (χ1) is 31.4.